The molecule has 0 spiro atoms. The minimum atomic E-state index is 0.0562. The van der Waals surface area contributed by atoms with Crippen molar-refractivity contribution in [2.24, 2.45) is 11.7 Å². The summed E-state index contributed by atoms with van der Waals surface area (Å²) in [4.78, 5) is 25.2. The summed E-state index contributed by atoms with van der Waals surface area (Å²) in [6, 6.07) is 0.214. The number of likely N-dealkylation sites (tertiary alicyclic amines) is 1. The lowest BCUT2D eigenvalue weighted by molar-refractivity contribution is -0.135. The molecule has 1 rings (SSSR count). The summed E-state index contributed by atoms with van der Waals surface area (Å²) < 4.78 is 0. The monoisotopic (exact) mass is 255 g/mol. The lowest BCUT2D eigenvalue weighted by Gasteiger charge is -2.33. The highest BCUT2D eigenvalue weighted by atomic mass is 16.2. The van der Waals surface area contributed by atoms with Crippen LogP contribution in [0.5, 0.6) is 0 Å². The Morgan fingerprint density at radius 1 is 1.33 bits per heavy atom. The van der Waals surface area contributed by atoms with Crippen molar-refractivity contribution in [3.05, 3.63) is 0 Å². The Kier molecular flexibility index (Phi) is 6.12. The molecule has 0 aromatic rings. The number of amides is 2. The van der Waals surface area contributed by atoms with E-state index in [1.165, 1.54) is 0 Å². The van der Waals surface area contributed by atoms with Crippen molar-refractivity contribution in [1.29, 1.82) is 0 Å². The largest absolute Gasteiger partial charge is 0.353 e. The molecule has 1 aliphatic heterocycles. The van der Waals surface area contributed by atoms with Gasteiger partial charge in [-0.15, -0.1) is 0 Å². The predicted molar refractivity (Wildman–Crippen MR) is 70.9 cm³/mol. The first kappa shape index (κ1) is 15.0. The number of hydrogen-bond acceptors (Lipinski definition) is 3. The predicted octanol–water partition coefficient (Wildman–Crippen LogP) is 0.489. The fourth-order valence-electron chi connectivity index (χ4n) is 2.17. The smallest absolute Gasteiger partial charge is 0.225 e. The molecule has 1 heterocycles. The van der Waals surface area contributed by atoms with E-state index in [1.54, 1.807) is 0 Å². The standard InChI is InChI=1S/C13H25N3O2/c1-10(2)13(18)16-8-5-11(6-9-16)15-12(17)4-3-7-14/h10-11H,3-9,14H2,1-2H3,(H,15,17). The second kappa shape index (κ2) is 7.36. The fraction of sp³-hybridized carbons (Fsp3) is 0.846. The Labute approximate surface area is 109 Å². The molecule has 0 aromatic heterocycles. The normalized spacial score (nSPS) is 17.0. The van der Waals surface area contributed by atoms with E-state index in [-0.39, 0.29) is 23.8 Å². The molecule has 2 amide bonds. The summed E-state index contributed by atoms with van der Waals surface area (Å²) in [5, 5.41) is 3.01. The number of nitrogens with two attached hydrogens (primary N) is 1. The first-order valence-corrected chi connectivity index (χ1v) is 6.82. The van der Waals surface area contributed by atoms with Crippen LogP contribution in [0.15, 0.2) is 0 Å². The Morgan fingerprint density at radius 2 is 1.94 bits per heavy atom. The summed E-state index contributed by atoms with van der Waals surface area (Å²) >= 11 is 0. The van der Waals surface area contributed by atoms with Gasteiger partial charge in [0.15, 0.2) is 0 Å². The summed E-state index contributed by atoms with van der Waals surface area (Å²) in [5.74, 6) is 0.345. The van der Waals surface area contributed by atoms with E-state index in [0.29, 0.717) is 13.0 Å². The molecule has 0 radical (unpaired) electrons. The average Bonchev–Trinajstić information content (AvgIpc) is 2.36. The molecule has 3 N–H and O–H groups in total. The highest BCUT2D eigenvalue weighted by Crippen LogP contribution is 2.13. The summed E-state index contributed by atoms with van der Waals surface area (Å²) in [5.41, 5.74) is 5.37. The van der Waals surface area contributed by atoms with E-state index in [4.69, 9.17) is 5.73 Å². The molecule has 1 fully saturated rings. The molecular formula is C13H25N3O2. The van der Waals surface area contributed by atoms with Crippen molar-refractivity contribution in [3.8, 4) is 0 Å². The first-order valence-electron chi connectivity index (χ1n) is 6.82. The molecular weight excluding hydrogens is 230 g/mol. The number of nitrogens with one attached hydrogen (secondary N) is 1. The molecule has 1 saturated heterocycles. The second-order valence-corrected chi connectivity index (χ2v) is 5.21. The quantitative estimate of drug-likeness (QED) is 0.750. The molecule has 0 atom stereocenters. The van der Waals surface area contributed by atoms with Crippen LogP contribution in [-0.2, 0) is 9.59 Å². The minimum absolute atomic E-state index is 0.0562. The maximum absolute atomic E-state index is 11.8. The number of carbonyl (C=O) groups is 2. The number of hydrogen-bond donors (Lipinski definition) is 2. The van der Waals surface area contributed by atoms with E-state index in [0.717, 1.165) is 32.4 Å². The van der Waals surface area contributed by atoms with E-state index in [2.05, 4.69) is 5.32 Å². The van der Waals surface area contributed by atoms with Gasteiger partial charge >= 0.3 is 0 Å². The van der Waals surface area contributed by atoms with Gasteiger partial charge in [0.2, 0.25) is 11.8 Å². The highest BCUT2D eigenvalue weighted by Gasteiger charge is 2.24. The summed E-state index contributed by atoms with van der Waals surface area (Å²) in [7, 11) is 0. The van der Waals surface area contributed by atoms with Crippen molar-refractivity contribution in [2.75, 3.05) is 19.6 Å². The molecule has 0 unspecified atom stereocenters. The zero-order chi connectivity index (χ0) is 13.5. The van der Waals surface area contributed by atoms with Gasteiger partial charge in [-0.2, -0.15) is 0 Å². The Bertz CT molecular complexity index is 284. The maximum Gasteiger partial charge on any atom is 0.225 e. The lowest BCUT2D eigenvalue weighted by atomic mass is 10.0. The van der Waals surface area contributed by atoms with Gasteiger partial charge in [-0.1, -0.05) is 13.8 Å². The molecule has 18 heavy (non-hydrogen) atoms. The zero-order valence-corrected chi connectivity index (χ0v) is 11.4. The van der Waals surface area contributed by atoms with Crippen LogP contribution in [0.1, 0.15) is 39.5 Å². The van der Waals surface area contributed by atoms with Crippen molar-refractivity contribution in [1.82, 2.24) is 10.2 Å². The Morgan fingerprint density at radius 3 is 2.44 bits per heavy atom. The number of nitrogens with zero attached hydrogens (tertiary/aromatic N) is 1. The van der Waals surface area contributed by atoms with Gasteiger partial charge in [-0.25, -0.2) is 0 Å². The summed E-state index contributed by atoms with van der Waals surface area (Å²) in [6.45, 7) is 5.89. The van der Waals surface area contributed by atoms with Crippen LogP contribution in [0.3, 0.4) is 0 Å². The SMILES string of the molecule is CC(C)C(=O)N1CCC(NC(=O)CCCN)CC1. The van der Waals surface area contributed by atoms with Gasteiger partial charge in [0.05, 0.1) is 0 Å². The maximum atomic E-state index is 11.8. The van der Waals surface area contributed by atoms with Crippen LogP contribution in [0.2, 0.25) is 0 Å². The van der Waals surface area contributed by atoms with Crippen LogP contribution >= 0.6 is 0 Å². The minimum Gasteiger partial charge on any atom is -0.353 e. The van der Waals surface area contributed by atoms with Gasteiger partial charge in [-0.3, -0.25) is 9.59 Å². The number of carbonyl (C=O) groups excluding carboxylic acids is 2. The third-order valence-electron chi connectivity index (χ3n) is 3.27. The van der Waals surface area contributed by atoms with E-state index in [1.807, 2.05) is 18.7 Å². The lowest BCUT2D eigenvalue weighted by Crippen LogP contribution is -2.47. The van der Waals surface area contributed by atoms with Gasteiger partial charge in [0.1, 0.15) is 0 Å². The molecule has 0 aliphatic carbocycles. The van der Waals surface area contributed by atoms with Gasteiger partial charge in [0.25, 0.3) is 0 Å². The summed E-state index contributed by atoms with van der Waals surface area (Å²) in [6.07, 6.45) is 2.94. The van der Waals surface area contributed by atoms with E-state index in [9.17, 15) is 9.59 Å². The van der Waals surface area contributed by atoms with Crippen molar-refractivity contribution < 1.29 is 9.59 Å². The molecule has 5 heteroatoms. The highest BCUT2D eigenvalue weighted by molar-refractivity contribution is 5.78. The van der Waals surface area contributed by atoms with Crippen LogP contribution < -0.4 is 11.1 Å². The average molecular weight is 255 g/mol. The van der Waals surface area contributed by atoms with Crippen molar-refractivity contribution >= 4 is 11.8 Å². The Balaban J connectivity index is 2.27. The molecule has 1 aliphatic rings. The molecule has 0 aromatic carbocycles. The zero-order valence-electron chi connectivity index (χ0n) is 11.4. The van der Waals surface area contributed by atoms with Gasteiger partial charge in [0, 0.05) is 31.5 Å². The van der Waals surface area contributed by atoms with E-state index < -0.39 is 0 Å². The number of rotatable bonds is 5. The van der Waals surface area contributed by atoms with Crippen molar-refractivity contribution in [3.63, 3.8) is 0 Å². The number of piperidine rings is 1. The molecule has 0 saturated carbocycles. The first-order chi connectivity index (χ1) is 8.54. The van der Waals surface area contributed by atoms with E-state index >= 15 is 0 Å². The topological polar surface area (TPSA) is 75.4 Å². The second-order valence-electron chi connectivity index (χ2n) is 5.21. The molecule has 104 valence electrons. The third-order valence-corrected chi connectivity index (χ3v) is 3.27. The van der Waals surface area contributed by atoms with Gasteiger partial charge < -0.3 is 16.0 Å². The van der Waals surface area contributed by atoms with Crippen LogP contribution in [0, 0.1) is 5.92 Å². The molecule has 5 nitrogen and oxygen atoms in total. The van der Waals surface area contributed by atoms with Crippen LogP contribution in [-0.4, -0.2) is 42.4 Å². The third kappa shape index (κ3) is 4.64. The van der Waals surface area contributed by atoms with Crippen LogP contribution in [0.4, 0.5) is 0 Å². The Hall–Kier alpha value is -1.10. The fourth-order valence-corrected chi connectivity index (χ4v) is 2.17. The van der Waals surface area contributed by atoms with Crippen LogP contribution in [0.25, 0.3) is 0 Å². The molecule has 0 bridgehead atoms. The van der Waals surface area contributed by atoms with Crippen molar-refractivity contribution in [2.45, 2.75) is 45.6 Å². The van der Waals surface area contributed by atoms with Gasteiger partial charge in [-0.05, 0) is 25.8 Å².